The topological polar surface area (TPSA) is 71.7 Å². The molecule has 2 aliphatic rings. The number of aromatic nitrogens is 1. The lowest BCUT2D eigenvalue weighted by Gasteiger charge is -2.33. The van der Waals surface area contributed by atoms with Gasteiger partial charge in [0, 0.05) is 54.3 Å². The average Bonchev–Trinajstić information content (AvgIpc) is 3.03. The van der Waals surface area contributed by atoms with Gasteiger partial charge >= 0.3 is 6.03 Å². The fourth-order valence-electron chi connectivity index (χ4n) is 3.82. The van der Waals surface area contributed by atoms with Crippen molar-refractivity contribution in [3.63, 3.8) is 0 Å². The zero-order valence-corrected chi connectivity index (χ0v) is 16.2. The molecular weight excluding hydrogens is 366 g/mol. The van der Waals surface area contributed by atoms with Gasteiger partial charge in [0.25, 0.3) is 0 Å². The molecule has 2 N–H and O–H groups in total. The SMILES string of the molecule is CN1CCN(C(=O)CNC(=O)N2CCc3c([nH]c4ccc(Cl)cc34)C2)CC1. The highest BCUT2D eigenvalue weighted by atomic mass is 35.5. The molecule has 1 saturated heterocycles. The Morgan fingerprint density at radius 2 is 1.93 bits per heavy atom. The number of H-pyrrole nitrogens is 1. The minimum absolute atomic E-state index is 0.0191. The lowest BCUT2D eigenvalue weighted by atomic mass is 10.0. The van der Waals surface area contributed by atoms with Crippen molar-refractivity contribution in [3.05, 3.63) is 34.5 Å². The summed E-state index contributed by atoms with van der Waals surface area (Å²) in [5, 5.41) is 4.62. The summed E-state index contributed by atoms with van der Waals surface area (Å²) >= 11 is 6.11. The maximum atomic E-state index is 12.5. The van der Waals surface area contributed by atoms with Crippen LogP contribution in [-0.4, -0.2) is 77.9 Å². The van der Waals surface area contributed by atoms with Gasteiger partial charge in [0.05, 0.1) is 13.1 Å². The highest BCUT2D eigenvalue weighted by molar-refractivity contribution is 6.31. The average molecular weight is 390 g/mol. The number of carbonyl (C=O) groups excluding carboxylic acids is 2. The summed E-state index contributed by atoms with van der Waals surface area (Å²) in [4.78, 5) is 34.0. The van der Waals surface area contributed by atoms with Crippen molar-refractivity contribution in [1.82, 2.24) is 25.0 Å². The molecule has 144 valence electrons. The van der Waals surface area contributed by atoms with Crippen LogP contribution < -0.4 is 5.32 Å². The van der Waals surface area contributed by atoms with Crippen LogP contribution in [0.5, 0.6) is 0 Å². The number of rotatable bonds is 2. The zero-order valence-electron chi connectivity index (χ0n) is 15.4. The van der Waals surface area contributed by atoms with Crippen molar-refractivity contribution in [2.45, 2.75) is 13.0 Å². The highest BCUT2D eigenvalue weighted by Gasteiger charge is 2.25. The second kappa shape index (κ2) is 7.40. The number of urea groups is 1. The van der Waals surface area contributed by atoms with Crippen molar-refractivity contribution in [1.29, 1.82) is 0 Å². The summed E-state index contributed by atoms with van der Waals surface area (Å²) in [7, 11) is 2.05. The standard InChI is InChI=1S/C19H24ClN5O2/c1-23-6-8-24(9-7-23)18(26)11-21-19(27)25-5-4-14-15-10-13(20)2-3-16(15)22-17(14)12-25/h2-3,10,22H,4-9,11-12H2,1H3,(H,21,27). The number of fused-ring (bicyclic) bond motifs is 3. The molecule has 27 heavy (non-hydrogen) atoms. The third kappa shape index (κ3) is 3.75. The van der Waals surface area contributed by atoms with Gasteiger partial charge in [-0.2, -0.15) is 0 Å². The highest BCUT2D eigenvalue weighted by Crippen LogP contribution is 2.29. The first-order valence-electron chi connectivity index (χ1n) is 9.29. The quantitative estimate of drug-likeness (QED) is 0.820. The molecule has 3 heterocycles. The van der Waals surface area contributed by atoms with Gasteiger partial charge in [-0.25, -0.2) is 4.79 Å². The van der Waals surface area contributed by atoms with E-state index >= 15 is 0 Å². The molecule has 0 unspecified atom stereocenters. The van der Waals surface area contributed by atoms with Crippen LogP contribution in [0.2, 0.25) is 5.02 Å². The van der Waals surface area contributed by atoms with Crippen LogP contribution in [0.25, 0.3) is 10.9 Å². The number of hydrogen-bond acceptors (Lipinski definition) is 3. The Hall–Kier alpha value is -2.25. The maximum Gasteiger partial charge on any atom is 0.318 e. The van der Waals surface area contributed by atoms with E-state index in [1.54, 1.807) is 4.90 Å². The Morgan fingerprint density at radius 3 is 2.70 bits per heavy atom. The first-order chi connectivity index (χ1) is 13.0. The van der Waals surface area contributed by atoms with E-state index in [0.717, 1.165) is 49.2 Å². The number of nitrogens with one attached hydrogen (secondary N) is 2. The molecule has 2 aliphatic heterocycles. The molecule has 0 saturated carbocycles. The number of benzene rings is 1. The third-order valence-electron chi connectivity index (χ3n) is 5.47. The molecule has 1 aromatic carbocycles. The molecule has 0 bridgehead atoms. The summed E-state index contributed by atoms with van der Waals surface area (Å²) in [6, 6.07) is 5.60. The van der Waals surface area contributed by atoms with Crippen LogP contribution in [0.1, 0.15) is 11.3 Å². The minimum atomic E-state index is -0.195. The smallest absolute Gasteiger partial charge is 0.318 e. The normalized spacial score (nSPS) is 17.9. The number of likely N-dealkylation sites (N-methyl/N-ethyl adjacent to an activating group) is 1. The number of aromatic amines is 1. The largest absolute Gasteiger partial charge is 0.357 e. The van der Waals surface area contributed by atoms with E-state index in [9.17, 15) is 9.59 Å². The van der Waals surface area contributed by atoms with E-state index in [4.69, 9.17) is 11.6 Å². The number of nitrogens with zero attached hydrogens (tertiary/aromatic N) is 3. The Morgan fingerprint density at radius 1 is 1.15 bits per heavy atom. The molecule has 4 rings (SSSR count). The van der Waals surface area contributed by atoms with Gasteiger partial charge in [-0.05, 0) is 37.2 Å². The van der Waals surface area contributed by atoms with Crippen LogP contribution in [-0.2, 0) is 17.8 Å². The molecule has 3 amide bonds. The predicted molar refractivity (Wildman–Crippen MR) is 105 cm³/mol. The molecule has 1 fully saturated rings. The first-order valence-corrected chi connectivity index (χ1v) is 9.67. The molecule has 0 atom stereocenters. The van der Waals surface area contributed by atoms with E-state index in [-0.39, 0.29) is 18.5 Å². The van der Waals surface area contributed by atoms with Crippen molar-refractivity contribution in [2.75, 3.05) is 46.3 Å². The van der Waals surface area contributed by atoms with Gasteiger partial charge < -0.3 is 25.0 Å². The number of hydrogen-bond donors (Lipinski definition) is 2. The summed E-state index contributed by atoms with van der Waals surface area (Å²) in [5.41, 5.74) is 3.31. The predicted octanol–water partition coefficient (Wildman–Crippen LogP) is 1.66. The Kier molecular flexibility index (Phi) is 4.97. The van der Waals surface area contributed by atoms with E-state index in [2.05, 4.69) is 15.2 Å². The Labute approximate surface area is 163 Å². The van der Waals surface area contributed by atoms with Gasteiger partial charge in [0.1, 0.15) is 0 Å². The first kappa shape index (κ1) is 18.1. The van der Waals surface area contributed by atoms with Crippen molar-refractivity contribution in [2.24, 2.45) is 0 Å². The third-order valence-corrected chi connectivity index (χ3v) is 5.71. The van der Waals surface area contributed by atoms with E-state index in [1.165, 1.54) is 5.56 Å². The van der Waals surface area contributed by atoms with Gasteiger partial charge in [-0.1, -0.05) is 11.6 Å². The van der Waals surface area contributed by atoms with Crippen molar-refractivity contribution in [3.8, 4) is 0 Å². The molecule has 7 nitrogen and oxygen atoms in total. The van der Waals surface area contributed by atoms with Gasteiger partial charge in [-0.3, -0.25) is 4.79 Å². The van der Waals surface area contributed by atoms with Crippen LogP contribution in [0.3, 0.4) is 0 Å². The van der Waals surface area contributed by atoms with Gasteiger partial charge in [0.15, 0.2) is 0 Å². The molecule has 0 radical (unpaired) electrons. The van der Waals surface area contributed by atoms with E-state index in [1.807, 2.05) is 30.1 Å². The minimum Gasteiger partial charge on any atom is -0.357 e. The van der Waals surface area contributed by atoms with Crippen LogP contribution in [0.15, 0.2) is 18.2 Å². The lowest BCUT2D eigenvalue weighted by molar-refractivity contribution is -0.131. The zero-order chi connectivity index (χ0) is 19.0. The number of halogens is 1. The Bertz CT molecular complexity index is 872. The second-order valence-electron chi connectivity index (χ2n) is 7.29. The van der Waals surface area contributed by atoms with Gasteiger partial charge in [-0.15, -0.1) is 0 Å². The van der Waals surface area contributed by atoms with Crippen LogP contribution >= 0.6 is 11.6 Å². The van der Waals surface area contributed by atoms with Crippen LogP contribution in [0.4, 0.5) is 4.79 Å². The van der Waals surface area contributed by atoms with Crippen molar-refractivity contribution < 1.29 is 9.59 Å². The van der Waals surface area contributed by atoms with Gasteiger partial charge in [0.2, 0.25) is 5.91 Å². The van der Waals surface area contributed by atoms with Crippen molar-refractivity contribution >= 4 is 34.4 Å². The second-order valence-corrected chi connectivity index (χ2v) is 7.72. The summed E-state index contributed by atoms with van der Waals surface area (Å²) < 4.78 is 0. The van der Waals surface area contributed by atoms with E-state index < -0.39 is 0 Å². The fourth-order valence-corrected chi connectivity index (χ4v) is 3.99. The maximum absolute atomic E-state index is 12.5. The molecule has 0 spiro atoms. The molecule has 0 aliphatic carbocycles. The number of carbonyl (C=O) groups is 2. The monoisotopic (exact) mass is 389 g/mol. The Balaban J connectivity index is 1.35. The number of amides is 3. The van der Waals surface area contributed by atoms with E-state index in [0.29, 0.717) is 18.1 Å². The lowest BCUT2D eigenvalue weighted by Crippen LogP contribution is -2.51. The molecular formula is C19H24ClN5O2. The summed E-state index contributed by atoms with van der Waals surface area (Å²) in [6.07, 6.45) is 0.773. The summed E-state index contributed by atoms with van der Waals surface area (Å²) in [5.74, 6) is -0.0191. The molecule has 8 heteroatoms. The van der Waals surface area contributed by atoms with Crippen LogP contribution in [0, 0.1) is 0 Å². The molecule has 1 aromatic heterocycles. The number of piperazine rings is 1. The summed E-state index contributed by atoms with van der Waals surface area (Å²) in [6.45, 7) is 4.37. The fraction of sp³-hybridized carbons (Fsp3) is 0.474. The molecule has 2 aromatic rings.